The highest BCUT2D eigenvalue weighted by Gasteiger charge is 2.52. The summed E-state index contributed by atoms with van der Waals surface area (Å²) in [5, 5.41) is 0. The van der Waals surface area contributed by atoms with Gasteiger partial charge in [0.15, 0.2) is 0 Å². The third kappa shape index (κ3) is 4.27. The molecular formula is C44H42N4O. The fourth-order valence-electron chi connectivity index (χ4n) is 8.98. The highest BCUT2D eigenvalue weighted by molar-refractivity contribution is 5.88. The summed E-state index contributed by atoms with van der Waals surface area (Å²) in [7, 11) is 0. The summed E-state index contributed by atoms with van der Waals surface area (Å²) in [4.78, 5) is 9.79. The molecule has 4 aliphatic heterocycles. The first-order valence-electron chi connectivity index (χ1n) is 17.6. The molecule has 0 amide bonds. The van der Waals surface area contributed by atoms with Crippen molar-refractivity contribution >= 4 is 17.6 Å². The molecule has 9 rings (SSSR count). The number of fused-ring (bicyclic) bond motifs is 9. The minimum atomic E-state index is -0.555. The Kier molecular flexibility index (Phi) is 6.77. The maximum absolute atomic E-state index is 7.12. The second-order valence-electron chi connectivity index (χ2n) is 14.2. The first kappa shape index (κ1) is 29.8. The van der Waals surface area contributed by atoms with E-state index in [1.54, 1.807) is 0 Å². The van der Waals surface area contributed by atoms with Crippen molar-refractivity contribution in [3.05, 3.63) is 165 Å². The average Bonchev–Trinajstić information content (AvgIpc) is 3.39. The van der Waals surface area contributed by atoms with Crippen LogP contribution in [0.25, 0.3) is 0 Å². The van der Waals surface area contributed by atoms with Gasteiger partial charge in [-0.2, -0.15) is 0 Å². The molecule has 1 spiro atoms. The Morgan fingerprint density at radius 1 is 0.816 bits per heavy atom. The molecule has 5 nitrogen and oxygen atoms in total. The van der Waals surface area contributed by atoms with E-state index < -0.39 is 5.41 Å². The second kappa shape index (κ2) is 11.1. The molecule has 0 saturated heterocycles. The Morgan fingerprint density at radius 2 is 1.45 bits per heavy atom. The number of aryl methyl sites for hydroxylation is 2. The Labute approximate surface area is 289 Å². The molecule has 244 valence electrons. The maximum atomic E-state index is 7.12. The van der Waals surface area contributed by atoms with Gasteiger partial charge in [0.05, 0.1) is 28.5 Å². The Hall–Kier alpha value is -5.29. The van der Waals surface area contributed by atoms with Gasteiger partial charge in [0, 0.05) is 52.8 Å². The molecule has 0 bridgehead atoms. The largest absolute Gasteiger partial charge is 0.457 e. The van der Waals surface area contributed by atoms with Gasteiger partial charge in [-0.3, -0.25) is 4.99 Å². The van der Waals surface area contributed by atoms with Gasteiger partial charge in [0.25, 0.3) is 0 Å². The Balaban J connectivity index is 1.27. The van der Waals surface area contributed by atoms with Crippen LogP contribution in [0.5, 0.6) is 11.5 Å². The number of rotatable bonds is 3. The molecule has 1 aliphatic carbocycles. The summed E-state index contributed by atoms with van der Waals surface area (Å²) in [5.74, 6) is 1.89. The number of nitrogens with two attached hydrogens (primary N) is 1. The number of hydrogen-bond donors (Lipinski definition) is 1. The zero-order valence-corrected chi connectivity index (χ0v) is 28.7. The Bertz CT molecular complexity index is 2080. The zero-order chi connectivity index (χ0) is 33.4. The SMILES string of the molecule is C/C=C\C1=C(N)C2CC(N3c4ccc(C)cc4C4(c5ccccc5Oc5ccccc54)c4cc(C)ccc43)=CC=C2N1C1C=N[C@@H](C)CC1. The lowest BCUT2D eigenvalue weighted by Crippen LogP contribution is -2.41. The van der Waals surface area contributed by atoms with Gasteiger partial charge in [-0.15, -0.1) is 0 Å². The highest BCUT2D eigenvalue weighted by atomic mass is 16.5. The summed E-state index contributed by atoms with van der Waals surface area (Å²) in [6.07, 6.45) is 14.1. The van der Waals surface area contributed by atoms with Crippen molar-refractivity contribution in [3.63, 3.8) is 0 Å². The van der Waals surface area contributed by atoms with Crippen LogP contribution in [0, 0.1) is 19.8 Å². The van der Waals surface area contributed by atoms with Crippen LogP contribution in [0.2, 0.25) is 0 Å². The van der Waals surface area contributed by atoms with Crippen molar-refractivity contribution in [1.29, 1.82) is 0 Å². The van der Waals surface area contributed by atoms with E-state index in [1.807, 2.05) is 0 Å². The van der Waals surface area contributed by atoms with Crippen LogP contribution < -0.4 is 15.4 Å². The zero-order valence-electron chi connectivity index (χ0n) is 28.7. The van der Waals surface area contributed by atoms with E-state index in [4.69, 9.17) is 15.5 Å². The van der Waals surface area contributed by atoms with Gasteiger partial charge in [-0.1, -0.05) is 77.9 Å². The predicted molar refractivity (Wildman–Crippen MR) is 200 cm³/mol. The molecular weight excluding hydrogens is 601 g/mol. The third-order valence-corrected chi connectivity index (χ3v) is 11.2. The quantitative estimate of drug-likeness (QED) is 0.213. The van der Waals surface area contributed by atoms with Gasteiger partial charge in [0.2, 0.25) is 0 Å². The minimum absolute atomic E-state index is 0.0853. The van der Waals surface area contributed by atoms with Crippen LogP contribution in [-0.2, 0) is 5.41 Å². The molecule has 49 heavy (non-hydrogen) atoms. The van der Waals surface area contributed by atoms with Gasteiger partial charge < -0.3 is 20.3 Å². The molecule has 0 saturated carbocycles. The number of ether oxygens (including phenoxy) is 1. The smallest absolute Gasteiger partial charge is 0.132 e. The van der Waals surface area contributed by atoms with Gasteiger partial charge in [0.1, 0.15) is 11.5 Å². The minimum Gasteiger partial charge on any atom is -0.457 e. The van der Waals surface area contributed by atoms with Crippen LogP contribution in [0.1, 0.15) is 66.5 Å². The normalized spacial score (nSPS) is 23.0. The lowest BCUT2D eigenvalue weighted by Gasteiger charge is -2.49. The van der Waals surface area contributed by atoms with E-state index in [0.717, 1.165) is 42.2 Å². The van der Waals surface area contributed by atoms with Crippen molar-refractivity contribution in [2.45, 2.75) is 64.5 Å². The van der Waals surface area contributed by atoms with E-state index in [0.29, 0.717) is 6.04 Å². The second-order valence-corrected chi connectivity index (χ2v) is 14.2. The third-order valence-electron chi connectivity index (χ3n) is 11.2. The maximum Gasteiger partial charge on any atom is 0.132 e. The van der Waals surface area contributed by atoms with Gasteiger partial charge in [-0.25, -0.2) is 0 Å². The van der Waals surface area contributed by atoms with Gasteiger partial charge >= 0.3 is 0 Å². The van der Waals surface area contributed by atoms with Gasteiger partial charge in [-0.05, 0) is 94.2 Å². The number of aliphatic imine (C=N–C) groups is 1. The van der Waals surface area contributed by atoms with Crippen LogP contribution in [-0.4, -0.2) is 23.2 Å². The first-order valence-corrected chi connectivity index (χ1v) is 17.6. The van der Waals surface area contributed by atoms with Crippen LogP contribution in [0.4, 0.5) is 11.4 Å². The van der Waals surface area contributed by atoms with Crippen molar-refractivity contribution in [1.82, 2.24) is 4.90 Å². The number of nitrogens with zero attached hydrogens (tertiary/aromatic N) is 3. The van der Waals surface area contributed by atoms with Crippen molar-refractivity contribution < 1.29 is 4.74 Å². The number of allylic oxidation sites excluding steroid dienone is 5. The Morgan fingerprint density at radius 3 is 2.04 bits per heavy atom. The van der Waals surface area contributed by atoms with E-state index in [1.165, 1.54) is 56.1 Å². The summed E-state index contributed by atoms with van der Waals surface area (Å²) in [6.45, 7) is 8.67. The molecule has 0 radical (unpaired) electrons. The highest BCUT2D eigenvalue weighted by Crippen LogP contribution is 2.63. The van der Waals surface area contributed by atoms with Crippen LogP contribution in [0.3, 0.4) is 0 Å². The summed E-state index contributed by atoms with van der Waals surface area (Å²) >= 11 is 0. The fourth-order valence-corrected chi connectivity index (χ4v) is 8.98. The molecule has 2 unspecified atom stereocenters. The monoisotopic (exact) mass is 642 g/mol. The summed E-state index contributed by atoms with van der Waals surface area (Å²) in [6, 6.07) is 31.7. The number of hydrogen-bond acceptors (Lipinski definition) is 5. The van der Waals surface area contributed by atoms with Crippen molar-refractivity contribution in [2.75, 3.05) is 4.90 Å². The predicted octanol–water partition coefficient (Wildman–Crippen LogP) is 9.71. The van der Waals surface area contributed by atoms with Crippen LogP contribution in [0.15, 0.2) is 137 Å². The molecule has 0 aromatic heterocycles. The molecule has 5 heteroatoms. The summed E-state index contributed by atoms with van der Waals surface area (Å²) < 4.78 is 6.62. The standard InChI is InChI=1S/C44H42N4O/c1-5-10-40-43(45)32-25-30(19-22-37(32)48(40)31-18-17-29(4)46-26-31)47-38-20-15-27(2)23-35(38)44(36-24-28(3)16-21-39(36)47)33-11-6-8-13-41(33)49-42-14-9-7-12-34(42)44/h5-16,19-24,26,29,31-32H,17-18,25,45H2,1-4H3/b10-5-/t29-,31?,32?/m0/s1. The number of benzene rings is 4. The van der Waals surface area contributed by atoms with Crippen LogP contribution >= 0.6 is 0 Å². The molecule has 4 heterocycles. The topological polar surface area (TPSA) is 54.1 Å². The molecule has 3 atom stereocenters. The molecule has 5 aliphatic rings. The average molecular weight is 643 g/mol. The van der Waals surface area contributed by atoms with Crippen molar-refractivity contribution in [2.24, 2.45) is 16.6 Å². The number of para-hydroxylation sites is 2. The first-order chi connectivity index (χ1) is 23.9. The van der Waals surface area contributed by atoms with E-state index in [-0.39, 0.29) is 12.0 Å². The lowest BCUT2D eigenvalue weighted by atomic mass is 9.60. The van der Waals surface area contributed by atoms with E-state index in [9.17, 15) is 0 Å². The molecule has 4 aromatic carbocycles. The molecule has 0 fully saturated rings. The van der Waals surface area contributed by atoms with E-state index >= 15 is 0 Å². The number of anilines is 2. The molecule has 4 aromatic rings. The molecule has 2 N–H and O–H groups in total. The van der Waals surface area contributed by atoms with Crippen molar-refractivity contribution in [3.8, 4) is 11.5 Å². The fraction of sp³-hybridized carbons (Fsp3) is 0.250. The summed E-state index contributed by atoms with van der Waals surface area (Å²) in [5.41, 5.74) is 20.9. The lowest BCUT2D eigenvalue weighted by molar-refractivity contribution is 0.348. The van der Waals surface area contributed by atoms with E-state index in [2.05, 4.69) is 153 Å².